The number of amides is 1. The summed E-state index contributed by atoms with van der Waals surface area (Å²) in [5, 5.41) is 0. The van der Waals surface area contributed by atoms with Crippen LogP contribution in [0.3, 0.4) is 0 Å². The molecule has 1 amide bonds. The molecule has 0 aliphatic carbocycles. The number of methoxy groups -OCH3 is 1. The third-order valence-electron chi connectivity index (χ3n) is 5.62. The first-order chi connectivity index (χ1) is 13.7. The Labute approximate surface area is 173 Å². The van der Waals surface area contributed by atoms with Crippen LogP contribution in [0.2, 0.25) is 0 Å². The van der Waals surface area contributed by atoms with E-state index in [9.17, 15) is 13.2 Å². The Balaban J connectivity index is 1.88. The molecule has 1 heterocycles. The number of hydrogen-bond donors (Lipinski definition) is 0. The maximum atomic E-state index is 13.1. The van der Waals surface area contributed by atoms with Crippen molar-refractivity contribution in [3.63, 3.8) is 0 Å². The van der Waals surface area contributed by atoms with Crippen LogP contribution in [-0.2, 0) is 21.2 Å². The molecule has 0 bridgehead atoms. The molecule has 0 unspecified atom stereocenters. The minimum atomic E-state index is -3.76. The zero-order valence-electron chi connectivity index (χ0n) is 17.7. The summed E-state index contributed by atoms with van der Waals surface area (Å²) in [6, 6.07) is 8.86. The van der Waals surface area contributed by atoms with Crippen LogP contribution in [0.5, 0.6) is 5.75 Å². The van der Waals surface area contributed by atoms with Crippen LogP contribution in [0.4, 0.5) is 5.69 Å². The van der Waals surface area contributed by atoms with E-state index in [2.05, 4.69) is 0 Å². The number of fused-ring (bicyclic) bond motifs is 1. The third kappa shape index (κ3) is 4.02. The molecular formula is C22H28N2O4S. The summed E-state index contributed by atoms with van der Waals surface area (Å²) in [6.07, 6.45) is 1.71. The number of sulfonamides is 1. The zero-order chi connectivity index (χ0) is 21.3. The Kier molecular flexibility index (Phi) is 6.00. The minimum absolute atomic E-state index is 0.198. The standard InChI is InChI=1S/C22H28N2O4S/c1-15-8-10-18(13-17(15)3)29(26,27)23(4)14-21(25)24-12-6-7-19-16(2)9-11-20(28-5)22(19)24/h8-11,13H,6-7,12,14H2,1-5H3. The molecule has 0 saturated carbocycles. The minimum Gasteiger partial charge on any atom is -0.495 e. The zero-order valence-corrected chi connectivity index (χ0v) is 18.5. The number of hydrogen-bond acceptors (Lipinski definition) is 4. The Morgan fingerprint density at radius 1 is 1.10 bits per heavy atom. The molecule has 0 spiro atoms. The predicted molar refractivity (Wildman–Crippen MR) is 114 cm³/mol. The van der Waals surface area contributed by atoms with Gasteiger partial charge in [0, 0.05) is 13.6 Å². The molecule has 3 rings (SSSR count). The number of nitrogens with zero attached hydrogens (tertiary/aromatic N) is 2. The molecule has 0 radical (unpaired) electrons. The van der Waals surface area contributed by atoms with Crippen LogP contribution in [0, 0.1) is 20.8 Å². The number of anilines is 1. The first-order valence-electron chi connectivity index (χ1n) is 9.67. The molecular weight excluding hydrogens is 388 g/mol. The van der Waals surface area contributed by atoms with Gasteiger partial charge in [-0.2, -0.15) is 4.31 Å². The second-order valence-corrected chi connectivity index (χ2v) is 9.61. The molecule has 0 aromatic heterocycles. The van der Waals surface area contributed by atoms with Crippen LogP contribution in [0.1, 0.15) is 28.7 Å². The number of carbonyl (C=O) groups excluding carboxylic acids is 1. The van der Waals surface area contributed by atoms with Crippen molar-refractivity contribution in [1.29, 1.82) is 0 Å². The van der Waals surface area contributed by atoms with Gasteiger partial charge in [0.25, 0.3) is 0 Å². The van der Waals surface area contributed by atoms with Crippen LogP contribution in [-0.4, -0.2) is 45.9 Å². The average molecular weight is 417 g/mol. The van der Waals surface area contributed by atoms with Gasteiger partial charge in [-0.15, -0.1) is 0 Å². The third-order valence-corrected chi connectivity index (χ3v) is 7.42. The lowest BCUT2D eigenvalue weighted by Gasteiger charge is -2.33. The fraction of sp³-hybridized carbons (Fsp3) is 0.409. The van der Waals surface area contributed by atoms with Gasteiger partial charge in [-0.1, -0.05) is 12.1 Å². The smallest absolute Gasteiger partial charge is 0.243 e. The monoisotopic (exact) mass is 416 g/mol. The fourth-order valence-corrected chi connectivity index (χ4v) is 4.89. The van der Waals surface area contributed by atoms with Gasteiger partial charge in [0.1, 0.15) is 5.75 Å². The van der Waals surface area contributed by atoms with Crippen LogP contribution in [0.25, 0.3) is 0 Å². The van der Waals surface area contributed by atoms with Gasteiger partial charge in [0.2, 0.25) is 15.9 Å². The number of aryl methyl sites for hydroxylation is 3. The largest absolute Gasteiger partial charge is 0.495 e. The fourth-order valence-electron chi connectivity index (χ4n) is 3.68. The van der Waals surface area contributed by atoms with E-state index in [0.717, 1.165) is 45.1 Å². The second kappa shape index (κ2) is 8.16. The van der Waals surface area contributed by atoms with Crippen molar-refractivity contribution >= 4 is 21.6 Å². The van der Waals surface area contributed by atoms with Gasteiger partial charge in [-0.05, 0) is 74.1 Å². The van der Waals surface area contributed by atoms with Crippen molar-refractivity contribution in [1.82, 2.24) is 4.31 Å². The molecule has 2 aromatic rings. The molecule has 0 saturated heterocycles. The average Bonchev–Trinajstić information content (AvgIpc) is 2.69. The molecule has 1 aliphatic rings. The van der Waals surface area contributed by atoms with E-state index in [-0.39, 0.29) is 17.3 Å². The van der Waals surface area contributed by atoms with Gasteiger partial charge in [0.05, 0.1) is 24.2 Å². The van der Waals surface area contributed by atoms with Gasteiger partial charge in [0.15, 0.2) is 0 Å². The van der Waals surface area contributed by atoms with E-state index in [1.54, 1.807) is 30.2 Å². The van der Waals surface area contributed by atoms with Crippen molar-refractivity contribution in [3.8, 4) is 5.75 Å². The van der Waals surface area contributed by atoms with Crippen molar-refractivity contribution < 1.29 is 17.9 Å². The number of likely N-dealkylation sites (N-methyl/N-ethyl adjacent to an activating group) is 1. The predicted octanol–water partition coefficient (Wildman–Crippen LogP) is 3.22. The lowest BCUT2D eigenvalue weighted by Crippen LogP contribution is -2.43. The van der Waals surface area contributed by atoms with Crippen LogP contribution in [0.15, 0.2) is 35.2 Å². The molecule has 2 aromatic carbocycles. The van der Waals surface area contributed by atoms with Crippen LogP contribution >= 0.6 is 0 Å². The molecule has 29 heavy (non-hydrogen) atoms. The lowest BCUT2D eigenvalue weighted by molar-refractivity contribution is -0.118. The van der Waals surface area contributed by atoms with Crippen molar-refractivity contribution in [2.45, 2.75) is 38.5 Å². The summed E-state index contributed by atoms with van der Waals surface area (Å²) >= 11 is 0. The van der Waals surface area contributed by atoms with E-state index in [4.69, 9.17) is 4.74 Å². The normalized spacial score (nSPS) is 14.1. The van der Waals surface area contributed by atoms with Gasteiger partial charge in [-0.3, -0.25) is 4.79 Å². The maximum absolute atomic E-state index is 13.1. The molecule has 156 valence electrons. The van der Waals surface area contributed by atoms with E-state index in [0.29, 0.717) is 12.3 Å². The highest BCUT2D eigenvalue weighted by Crippen LogP contribution is 2.38. The first-order valence-corrected chi connectivity index (χ1v) is 11.1. The van der Waals surface area contributed by atoms with E-state index in [1.165, 1.54) is 7.05 Å². The Hall–Kier alpha value is -2.38. The molecule has 0 N–H and O–H groups in total. The topological polar surface area (TPSA) is 66.9 Å². The lowest BCUT2D eigenvalue weighted by atomic mass is 9.96. The molecule has 1 aliphatic heterocycles. The molecule has 6 nitrogen and oxygen atoms in total. The van der Waals surface area contributed by atoms with E-state index in [1.807, 2.05) is 32.9 Å². The SMILES string of the molecule is COc1ccc(C)c2c1N(C(=O)CN(C)S(=O)(=O)c1ccc(C)c(C)c1)CCC2. The van der Waals surface area contributed by atoms with Gasteiger partial charge < -0.3 is 9.64 Å². The van der Waals surface area contributed by atoms with Crippen molar-refractivity contribution in [2.75, 3.05) is 32.1 Å². The Morgan fingerprint density at radius 3 is 2.45 bits per heavy atom. The first kappa shape index (κ1) is 21.3. The van der Waals surface area contributed by atoms with Crippen molar-refractivity contribution in [3.05, 3.63) is 52.6 Å². The summed E-state index contributed by atoms with van der Waals surface area (Å²) in [4.78, 5) is 15.0. The summed E-state index contributed by atoms with van der Waals surface area (Å²) in [5.74, 6) is 0.378. The summed E-state index contributed by atoms with van der Waals surface area (Å²) in [7, 11) is -0.732. The number of carbonyl (C=O) groups is 1. The van der Waals surface area contributed by atoms with Gasteiger partial charge >= 0.3 is 0 Å². The van der Waals surface area contributed by atoms with Crippen LogP contribution < -0.4 is 9.64 Å². The highest BCUT2D eigenvalue weighted by Gasteiger charge is 2.30. The molecule has 0 fully saturated rings. The molecule has 7 heteroatoms. The Bertz CT molecular complexity index is 1050. The quantitative estimate of drug-likeness (QED) is 0.751. The maximum Gasteiger partial charge on any atom is 0.243 e. The van der Waals surface area contributed by atoms with Gasteiger partial charge in [-0.25, -0.2) is 8.42 Å². The summed E-state index contributed by atoms with van der Waals surface area (Å²) < 4.78 is 32.5. The molecule has 0 atom stereocenters. The highest BCUT2D eigenvalue weighted by atomic mass is 32.2. The number of ether oxygens (including phenoxy) is 1. The summed E-state index contributed by atoms with van der Waals surface area (Å²) in [5.41, 5.74) is 4.88. The van der Waals surface area contributed by atoms with E-state index < -0.39 is 10.0 Å². The summed E-state index contributed by atoms with van der Waals surface area (Å²) in [6.45, 7) is 6.14. The highest BCUT2D eigenvalue weighted by molar-refractivity contribution is 7.89. The van der Waals surface area contributed by atoms with Crippen molar-refractivity contribution in [2.24, 2.45) is 0 Å². The number of rotatable bonds is 5. The Morgan fingerprint density at radius 2 is 1.79 bits per heavy atom. The van der Waals surface area contributed by atoms with E-state index >= 15 is 0 Å². The number of benzene rings is 2. The second-order valence-electron chi connectivity index (χ2n) is 7.57.